The number of halogens is 2. The van der Waals surface area contributed by atoms with Gasteiger partial charge < -0.3 is 15.0 Å². The molecule has 2 amide bonds. The van der Waals surface area contributed by atoms with Gasteiger partial charge in [0.25, 0.3) is 10.0 Å². The van der Waals surface area contributed by atoms with Crippen LogP contribution in [0.4, 0.5) is 5.69 Å². The maximum Gasteiger partial charge on any atom is 0.264 e. The van der Waals surface area contributed by atoms with Gasteiger partial charge in [0, 0.05) is 13.1 Å². The van der Waals surface area contributed by atoms with E-state index in [2.05, 4.69) is 5.32 Å². The fourth-order valence-corrected chi connectivity index (χ4v) is 5.79. The number of carbonyl (C=O) groups is 2. The van der Waals surface area contributed by atoms with Crippen LogP contribution in [0.1, 0.15) is 38.3 Å². The largest absolute Gasteiger partial charge is 0.494 e. The lowest BCUT2D eigenvalue weighted by Gasteiger charge is -2.32. The first-order chi connectivity index (χ1) is 19.5. The molecule has 0 aliphatic rings. The molecule has 0 spiro atoms. The molecule has 0 aliphatic heterocycles. The molecule has 0 saturated heterocycles. The van der Waals surface area contributed by atoms with Gasteiger partial charge in [0.2, 0.25) is 11.8 Å². The van der Waals surface area contributed by atoms with Crippen molar-refractivity contribution in [1.29, 1.82) is 0 Å². The van der Waals surface area contributed by atoms with Crippen LogP contribution in [-0.4, -0.2) is 50.9 Å². The average Bonchev–Trinajstić information content (AvgIpc) is 2.95. The second kappa shape index (κ2) is 14.6. The second-order valence-corrected chi connectivity index (χ2v) is 12.2. The zero-order chi connectivity index (χ0) is 30.2. The van der Waals surface area contributed by atoms with E-state index in [0.29, 0.717) is 40.2 Å². The Morgan fingerprint density at radius 2 is 1.61 bits per heavy atom. The summed E-state index contributed by atoms with van der Waals surface area (Å²) in [6, 6.07) is 16.9. The molecule has 11 heteroatoms. The predicted octanol–water partition coefficient (Wildman–Crippen LogP) is 5.84. The number of nitrogens with one attached hydrogen (secondary N) is 1. The Hall–Kier alpha value is -3.27. The number of rotatable bonds is 13. The first kappa shape index (κ1) is 32.2. The van der Waals surface area contributed by atoms with Gasteiger partial charge in [-0.05, 0) is 81.3 Å². The third kappa shape index (κ3) is 8.38. The van der Waals surface area contributed by atoms with Gasteiger partial charge in [0.15, 0.2) is 0 Å². The Kier molecular flexibility index (Phi) is 11.5. The highest BCUT2D eigenvalue weighted by molar-refractivity contribution is 7.92. The third-order valence-electron chi connectivity index (χ3n) is 6.38. The minimum absolute atomic E-state index is 0.000835. The van der Waals surface area contributed by atoms with E-state index in [1.807, 2.05) is 20.8 Å². The minimum Gasteiger partial charge on any atom is -0.494 e. The predicted molar refractivity (Wildman–Crippen MR) is 163 cm³/mol. The molecular weight excluding hydrogens is 585 g/mol. The van der Waals surface area contributed by atoms with Crippen LogP contribution in [0, 0.1) is 6.92 Å². The number of aryl methyl sites for hydroxylation is 1. The molecule has 0 radical (unpaired) electrons. The number of carbonyl (C=O) groups excluding carboxylic acids is 2. The molecule has 0 fully saturated rings. The van der Waals surface area contributed by atoms with E-state index >= 15 is 0 Å². The highest BCUT2D eigenvalue weighted by Gasteiger charge is 2.32. The van der Waals surface area contributed by atoms with Crippen molar-refractivity contribution in [1.82, 2.24) is 10.2 Å². The van der Waals surface area contributed by atoms with Crippen molar-refractivity contribution in [3.63, 3.8) is 0 Å². The van der Waals surface area contributed by atoms with Gasteiger partial charge in [-0.1, -0.05) is 53.9 Å². The number of sulfonamides is 1. The van der Waals surface area contributed by atoms with Crippen LogP contribution < -0.4 is 14.4 Å². The van der Waals surface area contributed by atoms with Crippen LogP contribution in [0.3, 0.4) is 0 Å². The number of benzene rings is 3. The van der Waals surface area contributed by atoms with Crippen LogP contribution in [-0.2, 0) is 26.2 Å². The van der Waals surface area contributed by atoms with Crippen LogP contribution in [0.25, 0.3) is 0 Å². The lowest BCUT2D eigenvalue weighted by atomic mass is 10.1. The van der Waals surface area contributed by atoms with Gasteiger partial charge in [0.1, 0.15) is 18.3 Å². The molecule has 0 bridgehead atoms. The van der Waals surface area contributed by atoms with E-state index in [0.717, 1.165) is 16.3 Å². The summed E-state index contributed by atoms with van der Waals surface area (Å²) >= 11 is 12.3. The summed E-state index contributed by atoms with van der Waals surface area (Å²) in [5, 5.41) is 3.47. The van der Waals surface area contributed by atoms with Crippen molar-refractivity contribution in [2.45, 2.75) is 51.6 Å². The highest BCUT2D eigenvalue weighted by atomic mass is 35.5. The van der Waals surface area contributed by atoms with Crippen molar-refractivity contribution in [2.24, 2.45) is 0 Å². The van der Waals surface area contributed by atoms with Gasteiger partial charge in [-0.25, -0.2) is 8.42 Å². The Morgan fingerprint density at radius 3 is 2.20 bits per heavy atom. The van der Waals surface area contributed by atoms with Crippen LogP contribution in [0.15, 0.2) is 71.6 Å². The molecule has 3 aromatic rings. The molecule has 0 aliphatic carbocycles. The van der Waals surface area contributed by atoms with E-state index in [9.17, 15) is 18.0 Å². The Balaban J connectivity index is 2.02. The summed E-state index contributed by atoms with van der Waals surface area (Å²) in [7, 11) is -4.18. The topological polar surface area (TPSA) is 96.0 Å². The van der Waals surface area contributed by atoms with Crippen molar-refractivity contribution < 1.29 is 22.7 Å². The number of nitrogens with zero attached hydrogens (tertiary/aromatic N) is 2. The van der Waals surface area contributed by atoms with E-state index < -0.39 is 28.5 Å². The molecule has 1 atom stereocenters. The number of hydrogen-bond donors (Lipinski definition) is 1. The number of hydrogen-bond acceptors (Lipinski definition) is 5. The van der Waals surface area contributed by atoms with Gasteiger partial charge >= 0.3 is 0 Å². The normalized spacial score (nSPS) is 12.0. The zero-order valence-electron chi connectivity index (χ0n) is 23.6. The first-order valence-electron chi connectivity index (χ1n) is 13.3. The summed E-state index contributed by atoms with van der Waals surface area (Å²) < 4.78 is 34.4. The van der Waals surface area contributed by atoms with Crippen LogP contribution in [0.2, 0.25) is 10.0 Å². The van der Waals surface area contributed by atoms with E-state index in [1.165, 1.54) is 17.0 Å². The van der Waals surface area contributed by atoms with Crippen molar-refractivity contribution in [3.8, 4) is 5.75 Å². The van der Waals surface area contributed by atoms with Crippen molar-refractivity contribution >= 4 is 50.7 Å². The summed E-state index contributed by atoms with van der Waals surface area (Å²) in [6.07, 6.45) is 0.723. The van der Waals surface area contributed by atoms with Gasteiger partial charge in [-0.3, -0.25) is 13.9 Å². The highest BCUT2D eigenvalue weighted by Crippen LogP contribution is 2.27. The Morgan fingerprint density at radius 1 is 0.951 bits per heavy atom. The molecular formula is C30H35Cl2N3O5S. The van der Waals surface area contributed by atoms with Crippen LogP contribution in [0.5, 0.6) is 5.75 Å². The average molecular weight is 621 g/mol. The van der Waals surface area contributed by atoms with Crippen LogP contribution >= 0.6 is 23.2 Å². The van der Waals surface area contributed by atoms with Gasteiger partial charge in [-0.15, -0.1) is 0 Å². The summed E-state index contributed by atoms with van der Waals surface area (Å²) in [4.78, 5) is 28.3. The SMILES string of the molecule is CCCNC(=O)[C@@H](C)N(Cc1ccc(Cl)c(Cl)c1)C(=O)CN(c1ccc(C)cc1)S(=O)(=O)c1ccc(OCC)cc1. The maximum absolute atomic E-state index is 13.9. The Labute approximate surface area is 252 Å². The maximum atomic E-state index is 13.9. The standard InChI is InChI=1S/C30H35Cl2N3O5S/c1-5-17-33-30(37)22(4)34(19-23-9-16-27(31)28(32)18-23)29(36)20-35(24-10-7-21(3)8-11-24)41(38,39)26-14-12-25(13-15-26)40-6-2/h7-16,18,22H,5-6,17,19-20H2,1-4H3,(H,33,37)/t22-/m1/s1. The molecule has 220 valence electrons. The number of ether oxygens (including phenoxy) is 1. The summed E-state index contributed by atoms with van der Waals surface area (Å²) in [6.45, 7) is 7.62. The molecule has 41 heavy (non-hydrogen) atoms. The van der Waals surface area contributed by atoms with Gasteiger partial charge in [-0.2, -0.15) is 0 Å². The smallest absolute Gasteiger partial charge is 0.264 e. The van der Waals surface area contributed by atoms with E-state index in [4.69, 9.17) is 27.9 Å². The summed E-state index contributed by atoms with van der Waals surface area (Å²) in [5.74, 6) is -0.383. The molecule has 0 aromatic heterocycles. The molecule has 1 N–H and O–H groups in total. The third-order valence-corrected chi connectivity index (χ3v) is 8.90. The number of anilines is 1. The van der Waals surface area contributed by atoms with Gasteiger partial charge in [0.05, 0.1) is 27.2 Å². The van der Waals surface area contributed by atoms with Crippen molar-refractivity contribution in [2.75, 3.05) is 24.0 Å². The summed E-state index contributed by atoms with van der Waals surface area (Å²) in [5.41, 5.74) is 1.88. The molecule has 0 saturated carbocycles. The quantitative estimate of drug-likeness (QED) is 0.259. The second-order valence-electron chi connectivity index (χ2n) is 9.49. The molecule has 3 rings (SSSR count). The zero-order valence-corrected chi connectivity index (χ0v) is 25.9. The first-order valence-corrected chi connectivity index (χ1v) is 15.5. The fourth-order valence-electron chi connectivity index (χ4n) is 4.05. The molecule has 0 unspecified atom stereocenters. The number of amides is 2. The van der Waals surface area contributed by atoms with E-state index in [1.54, 1.807) is 61.5 Å². The monoisotopic (exact) mass is 619 g/mol. The van der Waals surface area contributed by atoms with E-state index in [-0.39, 0.29) is 17.3 Å². The van der Waals surface area contributed by atoms with Crippen molar-refractivity contribution in [3.05, 3.63) is 87.9 Å². The fraction of sp³-hybridized carbons (Fsp3) is 0.333. The molecule has 3 aromatic carbocycles. The Bertz CT molecular complexity index is 1450. The molecule has 0 heterocycles. The minimum atomic E-state index is -4.18. The molecule has 8 nitrogen and oxygen atoms in total. The lowest BCUT2D eigenvalue weighted by molar-refractivity contribution is -0.139. The lowest BCUT2D eigenvalue weighted by Crippen LogP contribution is -2.51.